The molecule has 0 unspecified atom stereocenters. The van der Waals surface area contributed by atoms with Crippen LogP contribution in [0.1, 0.15) is 37.0 Å². The van der Waals surface area contributed by atoms with E-state index in [-0.39, 0.29) is 0 Å². The lowest BCUT2D eigenvalue weighted by Crippen LogP contribution is -2.29. The SMILES string of the molecule is Cc1ccc(C)c(CCNCCC(C)(C)C(=O)O)c1. The van der Waals surface area contributed by atoms with Gasteiger partial charge in [-0.25, -0.2) is 0 Å². The van der Waals surface area contributed by atoms with Gasteiger partial charge < -0.3 is 10.4 Å². The van der Waals surface area contributed by atoms with Crippen LogP contribution in [0.4, 0.5) is 0 Å². The number of carboxylic acids is 1. The Kier molecular flexibility index (Phi) is 5.55. The zero-order valence-corrected chi connectivity index (χ0v) is 12.4. The van der Waals surface area contributed by atoms with Gasteiger partial charge in [-0.1, -0.05) is 23.8 Å². The first-order valence-electron chi connectivity index (χ1n) is 6.83. The normalized spacial score (nSPS) is 11.6. The molecule has 0 atom stereocenters. The van der Waals surface area contributed by atoms with Gasteiger partial charge in [0.25, 0.3) is 0 Å². The van der Waals surface area contributed by atoms with Gasteiger partial charge in [0.15, 0.2) is 0 Å². The van der Waals surface area contributed by atoms with Gasteiger partial charge in [0.1, 0.15) is 0 Å². The number of hydrogen-bond donors (Lipinski definition) is 2. The number of benzene rings is 1. The fourth-order valence-electron chi connectivity index (χ4n) is 1.93. The topological polar surface area (TPSA) is 49.3 Å². The average molecular weight is 263 g/mol. The van der Waals surface area contributed by atoms with Gasteiger partial charge in [-0.3, -0.25) is 4.79 Å². The van der Waals surface area contributed by atoms with E-state index in [1.807, 2.05) is 0 Å². The first-order valence-corrected chi connectivity index (χ1v) is 6.83. The first-order chi connectivity index (χ1) is 8.83. The molecule has 0 radical (unpaired) electrons. The van der Waals surface area contributed by atoms with Crippen molar-refractivity contribution in [3.8, 4) is 0 Å². The molecule has 0 aromatic heterocycles. The summed E-state index contributed by atoms with van der Waals surface area (Å²) < 4.78 is 0. The van der Waals surface area contributed by atoms with Crippen molar-refractivity contribution < 1.29 is 9.90 Å². The predicted octanol–water partition coefficient (Wildman–Crippen LogP) is 2.94. The summed E-state index contributed by atoms with van der Waals surface area (Å²) >= 11 is 0. The van der Waals surface area contributed by atoms with Crippen molar-refractivity contribution in [2.75, 3.05) is 13.1 Å². The highest BCUT2D eigenvalue weighted by Crippen LogP contribution is 2.19. The number of carbonyl (C=O) groups is 1. The quantitative estimate of drug-likeness (QED) is 0.744. The third kappa shape index (κ3) is 5.03. The van der Waals surface area contributed by atoms with Crippen LogP contribution in [-0.2, 0) is 11.2 Å². The third-order valence-corrected chi connectivity index (χ3v) is 3.58. The molecular weight excluding hydrogens is 238 g/mol. The Morgan fingerprint density at radius 3 is 2.58 bits per heavy atom. The molecule has 1 aromatic carbocycles. The molecule has 0 spiro atoms. The van der Waals surface area contributed by atoms with Crippen LogP contribution in [0.3, 0.4) is 0 Å². The molecule has 3 heteroatoms. The van der Waals surface area contributed by atoms with Crippen LogP contribution in [0.25, 0.3) is 0 Å². The van der Waals surface area contributed by atoms with Gasteiger partial charge in [-0.05, 0) is 64.8 Å². The number of aliphatic carboxylic acids is 1. The zero-order chi connectivity index (χ0) is 14.5. The van der Waals surface area contributed by atoms with Crippen molar-refractivity contribution in [3.63, 3.8) is 0 Å². The van der Waals surface area contributed by atoms with Crippen LogP contribution in [-0.4, -0.2) is 24.2 Å². The van der Waals surface area contributed by atoms with Gasteiger partial charge in [0, 0.05) is 0 Å². The van der Waals surface area contributed by atoms with Crippen molar-refractivity contribution in [1.82, 2.24) is 5.32 Å². The summed E-state index contributed by atoms with van der Waals surface area (Å²) in [5, 5.41) is 12.3. The smallest absolute Gasteiger partial charge is 0.309 e. The number of aryl methyl sites for hydroxylation is 2. The average Bonchev–Trinajstić information content (AvgIpc) is 2.32. The van der Waals surface area contributed by atoms with Crippen molar-refractivity contribution in [1.29, 1.82) is 0 Å². The monoisotopic (exact) mass is 263 g/mol. The second-order valence-corrected chi connectivity index (χ2v) is 5.87. The van der Waals surface area contributed by atoms with E-state index >= 15 is 0 Å². The fourth-order valence-corrected chi connectivity index (χ4v) is 1.93. The maximum atomic E-state index is 11.0. The van der Waals surface area contributed by atoms with E-state index in [2.05, 4.69) is 37.4 Å². The van der Waals surface area contributed by atoms with Crippen LogP contribution in [0.15, 0.2) is 18.2 Å². The van der Waals surface area contributed by atoms with E-state index in [1.165, 1.54) is 16.7 Å². The first kappa shape index (κ1) is 15.7. The van der Waals surface area contributed by atoms with Crippen molar-refractivity contribution in [2.45, 2.75) is 40.5 Å². The standard InChI is InChI=1S/C16H25NO2/c1-12-5-6-13(2)14(11-12)7-9-17-10-8-16(3,4)15(18)19/h5-6,11,17H,7-10H2,1-4H3,(H,18,19). The second kappa shape index (κ2) is 6.71. The summed E-state index contributed by atoms with van der Waals surface area (Å²) in [7, 11) is 0. The van der Waals surface area contributed by atoms with Gasteiger partial charge in [0.05, 0.1) is 5.41 Å². The van der Waals surface area contributed by atoms with E-state index in [9.17, 15) is 4.79 Å². The fraction of sp³-hybridized carbons (Fsp3) is 0.562. The lowest BCUT2D eigenvalue weighted by Gasteiger charge is -2.19. The minimum Gasteiger partial charge on any atom is -0.481 e. The molecule has 0 saturated carbocycles. The van der Waals surface area contributed by atoms with Gasteiger partial charge in [-0.15, -0.1) is 0 Å². The Morgan fingerprint density at radius 1 is 1.26 bits per heavy atom. The number of carboxylic acid groups (broad SMARTS) is 1. The minimum absolute atomic E-state index is 0.647. The Morgan fingerprint density at radius 2 is 1.95 bits per heavy atom. The molecule has 19 heavy (non-hydrogen) atoms. The summed E-state index contributed by atoms with van der Waals surface area (Å²) in [6.45, 7) is 9.39. The summed E-state index contributed by atoms with van der Waals surface area (Å²) in [5.74, 6) is -0.733. The van der Waals surface area contributed by atoms with Crippen molar-refractivity contribution in [2.24, 2.45) is 5.41 Å². The minimum atomic E-state index is -0.733. The zero-order valence-electron chi connectivity index (χ0n) is 12.4. The Labute approximate surface area is 116 Å². The van der Waals surface area contributed by atoms with E-state index < -0.39 is 11.4 Å². The molecule has 0 bridgehead atoms. The molecule has 2 N–H and O–H groups in total. The lowest BCUT2D eigenvalue weighted by atomic mass is 9.90. The molecule has 0 fully saturated rings. The third-order valence-electron chi connectivity index (χ3n) is 3.58. The summed E-state index contributed by atoms with van der Waals surface area (Å²) in [4.78, 5) is 11.0. The highest BCUT2D eigenvalue weighted by Gasteiger charge is 2.25. The van der Waals surface area contributed by atoms with E-state index in [0.29, 0.717) is 6.42 Å². The van der Waals surface area contributed by atoms with Crippen LogP contribution in [0.5, 0.6) is 0 Å². The predicted molar refractivity (Wildman–Crippen MR) is 78.5 cm³/mol. The molecule has 0 aliphatic rings. The lowest BCUT2D eigenvalue weighted by molar-refractivity contribution is -0.147. The number of nitrogens with one attached hydrogen (secondary N) is 1. The molecule has 1 rings (SSSR count). The number of hydrogen-bond acceptors (Lipinski definition) is 2. The highest BCUT2D eigenvalue weighted by molar-refractivity contribution is 5.73. The van der Waals surface area contributed by atoms with Gasteiger partial charge >= 0.3 is 5.97 Å². The Hall–Kier alpha value is -1.35. The van der Waals surface area contributed by atoms with E-state index in [4.69, 9.17) is 5.11 Å². The van der Waals surface area contributed by atoms with E-state index in [1.54, 1.807) is 13.8 Å². The summed E-state index contributed by atoms with van der Waals surface area (Å²) in [6, 6.07) is 6.50. The van der Waals surface area contributed by atoms with Gasteiger partial charge in [-0.2, -0.15) is 0 Å². The molecule has 3 nitrogen and oxygen atoms in total. The summed E-state index contributed by atoms with van der Waals surface area (Å²) in [6.07, 6.45) is 1.64. The largest absolute Gasteiger partial charge is 0.481 e. The molecule has 0 heterocycles. The maximum absolute atomic E-state index is 11.0. The Balaban J connectivity index is 2.32. The molecule has 0 aliphatic carbocycles. The molecular formula is C16H25NO2. The number of rotatable bonds is 7. The second-order valence-electron chi connectivity index (χ2n) is 5.87. The summed E-state index contributed by atoms with van der Waals surface area (Å²) in [5.41, 5.74) is 3.32. The van der Waals surface area contributed by atoms with Crippen LogP contribution < -0.4 is 5.32 Å². The molecule has 0 amide bonds. The van der Waals surface area contributed by atoms with Crippen molar-refractivity contribution in [3.05, 3.63) is 34.9 Å². The van der Waals surface area contributed by atoms with Crippen LogP contribution in [0, 0.1) is 19.3 Å². The van der Waals surface area contributed by atoms with E-state index in [0.717, 1.165) is 19.5 Å². The molecule has 0 saturated heterocycles. The molecule has 106 valence electrons. The highest BCUT2D eigenvalue weighted by atomic mass is 16.4. The maximum Gasteiger partial charge on any atom is 0.309 e. The molecule has 1 aromatic rings. The Bertz CT molecular complexity index is 438. The van der Waals surface area contributed by atoms with Crippen molar-refractivity contribution >= 4 is 5.97 Å². The van der Waals surface area contributed by atoms with Crippen LogP contribution >= 0.6 is 0 Å². The molecule has 0 aliphatic heterocycles. The van der Waals surface area contributed by atoms with Gasteiger partial charge in [0.2, 0.25) is 0 Å². The van der Waals surface area contributed by atoms with Crippen LogP contribution in [0.2, 0.25) is 0 Å².